The van der Waals surface area contributed by atoms with Gasteiger partial charge in [-0.25, -0.2) is 19.3 Å². The van der Waals surface area contributed by atoms with Gasteiger partial charge in [-0.15, -0.1) is 0 Å². The summed E-state index contributed by atoms with van der Waals surface area (Å²) in [6, 6.07) is 17.1. The number of nitrogens with zero attached hydrogens (tertiary/aromatic N) is 5. The number of carbonyl (C=O) groups is 3. The Hall–Kier alpha value is -5.95. The number of nitrogens with one attached hydrogen (secondary N) is 3. The van der Waals surface area contributed by atoms with Gasteiger partial charge in [-0.05, 0) is 96.6 Å². The summed E-state index contributed by atoms with van der Waals surface area (Å²) in [6.45, 7) is 7.43. The zero-order valence-electron chi connectivity index (χ0n) is 31.9. The lowest BCUT2D eigenvalue weighted by Gasteiger charge is -2.33. The number of rotatable bonds is 9. The lowest BCUT2D eigenvalue weighted by molar-refractivity contribution is -0.134. The van der Waals surface area contributed by atoms with Gasteiger partial charge in [0.1, 0.15) is 18.1 Å². The van der Waals surface area contributed by atoms with Crippen molar-refractivity contribution in [2.45, 2.75) is 64.5 Å². The van der Waals surface area contributed by atoms with E-state index in [-0.39, 0.29) is 30.1 Å². The number of likely N-dealkylation sites (tertiary alicyclic amines) is 1. The number of carbonyl (C=O) groups excluding carboxylic acids is 3. The van der Waals surface area contributed by atoms with Gasteiger partial charge >= 0.3 is 0 Å². The maximum Gasteiger partial charge on any atom is 0.237 e. The fourth-order valence-corrected chi connectivity index (χ4v) is 8.64. The van der Waals surface area contributed by atoms with Gasteiger partial charge in [0.05, 0.1) is 17.9 Å². The molecule has 1 atom stereocenters. The van der Waals surface area contributed by atoms with Gasteiger partial charge < -0.3 is 20.3 Å². The van der Waals surface area contributed by atoms with Crippen molar-refractivity contribution < 1.29 is 23.5 Å². The number of piperidine rings is 2. The molecule has 3 N–H and O–H groups in total. The molecule has 12 nitrogen and oxygen atoms in total. The Balaban J connectivity index is 0.757. The van der Waals surface area contributed by atoms with Crippen LogP contribution in [0.25, 0.3) is 22.0 Å². The number of fused-ring (bicyclic) bond motifs is 3. The third-order valence-electron chi connectivity index (χ3n) is 12.0. The molecule has 4 aliphatic heterocycles. The van der Waals surface area contributed by atoms with Crippen molar-refractivity contribution in [1.29, 1.82) is 0 Å². The fourth-order valence-electron chi connectivity index (χ4n) is 8.64. The van der Waals surface area contributed by atoms with Crippen LogP contribution < -0.4 is 20.7 Å². The predicted molar refractivity (Wildman–Crippen MR) is 214 cm³/mol. The number of ether oxygens (including phenoxy) is 1. The average molecular weight is 769 g/mol. The van der Waals surface area contributed by atoms with Crippen molar-refractivity contribution in [1.82, 2.24) is 30.1 Å². The first-order valence-electron chi connectivity index (χ1n) is 19.9. The van der Waals surface area contributed by atoms with E-state index < -0.39 is 5.82 Å². The molecule has 4 aliphatic rings. The second-order valence-electron chi connectivity index (χ2n) is 15.7. The molecular formula is C44H45FN8O4. The van der Waals surface area contributed by atoms with Gasteiger partial charge in [0.15, 0.2) is 0 Å². The molecule has 2 fully saturated rings. The molecule has 0 radical (unpaired) electrons. The molecule has 0 spiro atoms. The topological polar surface area (TPSA) is 142 Å². The number of hydrogen-bond acceptors (Lipinski definition) is 10. The Labute approximate surface area is 330 Å². The number of hydrogen-bond donors (Lipinski definition) is 3. The lowest BCUT2D eigenvalue weighted by atomic mass is 9.89. The van der Waals surface area contributed by atoms with E-state index in [4.69, 9.17) is 9.72 Å². The normalized spacial score (nSPS) is 18.4. The molecule has 0 aliphatic carbocycles. The SMILES string of the molecule is Cc1c(-c2ccc3cnc(Nc4ccc(CC(=O)N5CCC(CCN6Cc7ccc(C8CCC(=O)NC8=O)cc7C6)CC5)c(F)c4)nc3c2)cnc2c1NCCO2. The summed E-state index contributed by atoms with van der Waals surface area (Å²) >= 11 is 0. The summed E-state index contributed by atoms with van der Waals surface area (Å²) < 4.78 is 21.1. The van der Waals surface area contributed by atoms with Crippen molar-refractivity contribution in [2.75, 3.05) is 43.4 Å². The van der Waals surface area contributed by atoms with Crippen LogP contribution in [0.5, 0.6) is 5.88 Å². The van der Waals surface area contributed by atoms with Gasteiger partial charge in [0.2, 0.25) is 29.5 Å². The van der Waals surface area contributed by atoms with E-state index in [9.17, 15) is 14.4 Å². The van der Waals surface area contributed by atoms with E-state index in [1.54, 1.807) is 18.3 Å². The van der Waals surface area contributed by atoms with E-state index in [0.717, 1.165) is 84.3 Å². The third-order valence-corrected chi connectivity index (χ3v) is 12.0. The molecular weight excluding hydrogens is 724 g/mol. The number of pyridine rings is 1. The number of anilines is 3. The maximum absolute atomic E-state index is 15.4. The Bertz CT molecular complexity index is 2400. The van der Waals surface area contributed by atoms with Crippen LogP contribution in [-0.2, 0) is 33.9 Å². The summed E-state index contributed by atoms with van der Waals surface area (Å²) in [5, 5.41) is 9.86. The molecule has 9 rings (SSSR count). The highest BCUT2D eigenvalue weighted by atomic mass is 19.1. The number of amides is 3. The first kappa shape index (κ1) is 36.7. The van der Waals surface area contributed by atoms with Crippen molar-refractivity contribution in [2.24, 2.45) is 5.92 Å². The number of benzene rings is 3. The molecule has 292 valence electrons. The molecule has 57 heavy (non-hydrogen) atoms. The van der Waals surface area contributed by atoms with Crippen LogP contribution in [0.2, 0.25) is 0 Å². The summed E-state index contributed by atoms with van der Waals surface area (Å²) in [4.78, 5) is 55.2. The third kappa shape index (κ3) is 7.76. The van der Waals surface area contributed by atoms with Gasteiger partial charge in [-0.2, -0.15) is 0 Å². The minimum atomic E-state index is -0.449. The summed E-state index contributed by atoms with van der Waals surface area (Å²) in [5.74, 6) is 0.317. The molecule has 13 heteroatoms. The van der Waals surface area contributed by atoms with Gasteiger partial charge in [0, 0.05) is 68.2 Å². The molecule has 5 aromatic rings. The minimum absolute atomic E-state index is 0.0114. The van der Waals surface area contributed by atoms with Crippen molar-refractivity contribution in [3.63, 3.8) is 0 Å². The van der Waals surface area contributed by atoms with Crippen LogP contribution in [0.3, 0.4) is 0 Å². The maximum atomic E-state index is 15.4. The summed E-state index contributed by atoms with van der Waals surface area (Å²) in [6.07, 6.45) is 7.42. The fraction of sp³-hybridized carbons (Fsp3) is 0.364. The van der Waals surface area contributed by atoms with Crippen LogP contribution in [-0.4, -0.2) is 75.3 Å². The minimum Gasteiger partial charge on any atom is -0.474 e. The van der Waals surface area contributed by atoms with Crippen LogP contribution in [0, 0.1) is 18.7 Å². The molecule has 0 saturated carbocycles. The molecule has 0 bridgehead atoms. The first-order valence-corrected chi connectivity index (χ1v) is 19.9. The Kier molecular flexibility index (Phi) is 9.99. The van der Waals surface area contributed by atoms with Crippen LogP contribution >= 0.6 is 0 Å². The summed E-state index contributed by atoms with van der Waals surface area (Å²) in [5.41, 5.74) is 9.04. The highest BCUT2D eigenvalue weighted by Gasteiger charge is 2.30. The standard InChI is InChI=1S/C44H45FN8O4/c1-26-36(23-47-43-41(26)46-13-17-57-43)29-2-4-31-22-48-44(50-38(31)19-29)49-34-7-6-30(37(45)21-34)20-40(55)53-15-11-27(12-16-53)10-14-52-24-32-5-3-28(18-33(32)25-52)35-8-9-39(54)51-42(35)56/h2-7,18-19,21-23,27,35,46H,8-17,20,24-25H2,1H3,(H,48,49,50)(H,51,54,56). The number of aromatic nitrogens is 3. The first-order chi connectivity index (χ1) is 27.7. The quantitative estimate of drug-likeness (QED) is 0.145. The average Bonchev–Trinajstić information content (AvgIpc) is 3.64. The van der Waals surface area contributed by atoms with E-state index in [1.165, 1.54) is 17.2 Å². The number of halogens is 1. The number of imide groups is 1. The Morgan fingerprint density at radius 1 is 0.982 bits per heavy atom. The van der Waals surface area contributed by atoms with Crippen LogP contribution in [0.4, 0.5) is 21.7 Å². The summed E-state index contributed by atoms with van der Waals surface area (Å²) in [7, 11) is 0. The van der Waals surface area contributed by atoms with Gasteiger partial charge in [-0.3, -0.25) is 24.6 Å². The Morgan fingerprint density at radius 2 is 1.84 bits per heavy atom. The van der Waals surface area contributed by atoms with Crippen LogP contribution in [0.1, 0.15) is 65.8 Å². The second-order valence-corrected chi connectivity index (χ2v) is 15.7. The molecule has 2 aromatic heterocycles. The Morgan fingerprint density at radius 3 is 2.68 bits per heavy atom. The second kappa shape index (κ2) is 15.5. The zero-order valence-corrected chi connectivity index (χ0v) is 31.9. The highest BCUT2D eigenvalue weighted by Crippen LogP contribution is 2.36. The highest BCUT2D eigenvalue weighted by molar-refractivity contribution is 6.01. The molecule has 1 unspecified atom stereocenters. The smallest absolute Gasteiger partial charge is 0.237 e. The van der Waals surface area contributed by atoms with Gasteiger partial charge in [-0.1, -0.05) is 36.4 Å². The van der Waals surface area contributed by atoms with Crippen molar-refractivity contribution in [3.8, 4) is 17.0 Å². The lowest BCUT2D eigenvalue weighted by Crippen LogP contribution is -2.40. The molecule has 6 heterocycles. The molecule has 3 aromatic carbocycles. The van der Waals surface area contributed by atoms with Crippen LogP contribution in [0.15, 0.2) is 67.0 Å². The molecule has 3 amide bonds. The molecule has 2 saturated heterocycles. The van der Waals surface area contributed by atoms with E-state index in [0.29, 0.717) is 61.5 Å². The largest absolute Gasteiger partial charge is 0.474 e. The predicted octanol–water partition coefficient (Wildman–Crippen LogP) is 6.39. The zero-order chi connectivity index (χ0) is 39.0. The van der Waals surface area contributed by atoms with E-state index in [1.807, 2.05) is 42.3 Å². The van der Waals surface area contributed by atoms with E-state index >= 15 is 4.39 Å². The van der Waals surface area contributed by atoms with Crippen molar-refractivity contribution >= 4 is 45.9 Å². The van der Waals surface area contributed by atoms with Gasteiger partial charge in [0.25, 0.3) is 0 Å². The van der Waals surface area contributed by atoms with Crippen molar-refractivity contribution in [3.05, 3.63) is 101 Å². The van der Waals surface area contributed by atoms with E-state index in [2.05, 4.69) is 43.0 Å². The monoisotopic (exact) mass is 768 g/mol.